The lowest BCUT2D eigenvalue weighted by molar-refractivity contribution is -0.117. The number of carbonyl (C=O) groups is 1. The van der Waals surface area contributed by atoms with E-state index in [1.54, 1.807) is 23.1 Å². The van der Waals surface area contributed by atoms with Gasteiger partial charge >= 0.3 is 0 Å². The molecule has 5 aromatic rings. The number of nitrogens with zero attached hydrogens (tertiary/aromatic N) is 9. The highest BCUT2D eigenvalue weighted by Crippen LogP contribution is 2.49. The van der Waals surface area contributed by atoms with Crippen LogP contribution in [0.5, 0.6) is 0 Å². The van der Waals surface area contributed by atoms with Gasteiger partial charge in [0.25, 0.3) is 0 Å². The van der Waals surface area contributed by atoms with E-state index in [1.807, 2.05) is 20.2 Å². The average Bonchev–Trinajstić information content (AvgIpc) is 3.60. The van der Waals surface area contributed by atoms with Crippen molar-refractivity contribution in [2.45, 2.75) is 24.7 Å². The van der Waals surface area contributed by atoms with Crippen LogP contribution >= 0.6 is 11.6 Å². The van der Waals surface area contributed by atoms with E-state index in [0.717, 1.165) is 5.56 Å². The SMILES string of the molecule is Cn1cc([C@@]2(C)C[C@H](C(=O)Nc3cnc(-n4nccn4)c(Cl)c3)c3cnc4cc(F)nn4c32)cn1. The van der Waals surface area contributed by atoms with Crippen LogP contribution in [-0.2, 0) is 17.3 Å². The van der Waals surface area contributed by atoms with Gasteiger partial charge in [0.2, 0.25) is 11.9 Å². The molecule has 11 nitrogen and oxygen atoms in total. The van der Waals surface area contributed by atoms with Crippen molar-refractivity contribution in [1.29, 1.82) is 0 Å². The van der Waals surface area contributed by atoms with Crippen LogP contribution in [0.15, 0.2) is 49.3 Å². The molecule has 0 fully saturated rings. The minimum atomic E-state index is -0.656. The number of hydrogen-bond donors (Lipinski definition) is 1. The molecule has 0 unspecified atom stereocenters. The van der Waals surface area contributed by atoms with Gasteiger partial charge in [-0.1, -0.05) is 11.6 Å². The minimum absolute atomic E-state index is 0.268. The number of fused-ring (bicyclic) bond motifs is 3. The summed E-state index contributed by atoms with van der Waals surface area (Å²) in [6.45, 7) is 2.00. The maximum absolute atomic E-state index is 14.1. The van der Waals surface area contributed by atoms with Crippen molar-refractivity contribution in [3.05, 3.63) is 77.1 Å². The minimum Gasteiger partial charge on any atom is -0.324 e. The summed E-state index contributed by atoms with van der Waals surface area (Å²) < 4.78 is 17.2. The van der Waals surface area contributed by atoms with Crippen LogP contribution in [0.4, 0.5) is 10.1 Å². The van der Waals surface area contributed by atoms with Crippen LogP contribution in [0.25, 0.3) is 11.5 Å². The highest BCUT2D eigenvalue weighted by molar-refractivity contribution is 6.32. The van der Waals surface area contributed by atoms with Gasteiger partial charge in [-0.05, 0) is 19.4 Å². The zero-order valence-electron chi connectivity index (χ0n) is 18.6. The quantitative estimate of drug-likeness (QED) is 0.409. The molecular formula is C22H18ClFN10O. The summed E-state index contributed by atoms with van der Waals surface area (Å²) in [5.74, 6) is -1.14. The Bertz CT molecular complexity index is 1590. The Morgan fingerprint density at radius 2 is 1.97 bits per heavy atom. The first-order valence-electron chi connectivity index (χ1n) is 10.7. The predicted molar refractivity (Wildman–Crippen MR) is 123 cm³/mol. The van der Waals surface area contributed by atoms with Crippen LogP contribution in [0, 0.1) is 5.95 Å². The number of pyridine rings is 1. The number of halogens is 2. The molecule has 1 aliphatic rings. The van der Waals surface area contributed by atoms with E-state index in [2.05, 4.69) is 35.7 Å². The Morgan fingerprint density at radius 1 is 1.17 bits per heavy atom. The maximum atomic E-state index is 14.1. The highest BCUT2D eigenvalue weighted by atomic mass is 35.5. The molecular weight excluding hydrogens is 475 g/mol. The molecule has 0 spiro atoms. The Kier molecular flexibility index (Phi) is 4.68. The first-order valence-corrected chi connectivity index (χ1v) is 11.1. The normalized spacial score (nSPS) is 19.3. The summed E-state index contributed by atoms with van der Waals surface area (Å²) in [7, 11) is 1.82. The van der Waals surface area contributed by atoms with Gasteiger partial charge in [0, 0.05) is 42.0 Å². The maximum Gasteiger partial charge on any atom is 0.235 e. The van der Waals surface area contributed by atoms with E-state index < -0.39 is 17.3 Å². The van der Waals surface area contributed by atoms with E-state index in [4.69, 9.17) is 11.6 Å². The molecule has 0 radical (unpaired) electrons. The summed E-state index contributed by atoms with van der Waals surface area (Å²) >= 11 is 6.36. The summed E-state index contributed by atoms with van der Waals surface area (Å²) in [5.41, 5.74) is 2.40. The van der Waals surface area contributed by atoms with Gasteiger partial charge in [-0.25, -0.2) is 14.5 Å². The molecule has 1 aliphatic carbocycles. The smallest absolute Gasteiger partial charge is 0.235 e. The molecule has 2 atom stereocenters. The number of carbonyl (C=O) groups excluding carboxylic acids is 1. The van der Waals surface area contributed by atoms with Crippen molar-refractivity contribution in [3.8, 4) is 5.82 Å². The second-order valence-corrected chi connectivity index (χ2v) is 9.04. The van der Waals surface area contributed by atoms with Gasteiger partial charge in [-0.2, -0.15) is 19.7 Å². The largest absolute Gasteiger partial charge is 0.324 e. The van der Waals surface area contributed by atoms with Crippen molar-refractivity contribution >= 4 is 28.8 Å². The predicted octanol–water partition coefficient (Wildman–Crippen LogP) is 2.66. The number of aryl methyl sites for hydroxylation is 1. The zero-order chi connectivity index (χ0) is 24.3. The molecule has 6 rings (SSSR count). The number of anilines is 1. The Hall–Kier alpha value is -4.19. The standard InChI is InChI=1S/C22H18ClFN10O/c1-22(12-8-29-32(2)11-12)7-14(15-10-25-18-6-17(24)31-33(18)19(15)22)21(35)30-13-5-16(23)20(26-9-13)34-27-3-4-28-34/h3-6,8-11,14H,7H2,1-2H3,(H,30,35)/t14-,22+/m0/s1. The highest BCUT2D eigenvalue weighted by Gasteiger charge is 2.47. The summed E-state index contributed by atoms with van der Waals surface area (Å²) in [5, 5.41) is 19.5. The van der Waals surface area contributed by atoms with E-state index >= 15 is 0 Å². The van der Waals surface area contributed by atoms with Crippen molar-refractivity contribution in [1.82, 2.24) is 44.4 Å². The van der Waals surface area contributed by atoms with Crippen LogP contribution in [-0.4, -0.2) is 50.3 Å². The first-order chi connectivity index (χ1) is 16.8. The second kappa shape index (κ2) is 7.67. The first kappa shape index (κ1) is 21.4. The van der Waals surface area contributed by atoms with Gasteiger partial charge in [0.15, 0.2) is 11.5 Å². The molecule has 13 heteroatoms. The molecule has 0 bridgehead atoms. The molecule has 0 saturated heterocycles. The third-order valence-electron chi connectivity index (χ3n) is 6.35. The lowest BCUT2D eigenvalue weighted by atomic mass is 9.80. The third kappa shape index (κ3) is 3.36. The molecule has 5 heterocycles. The molecule has 176 valence electrons. The van der Waals surface area contributed by atoms with Gasteiger partial charge < -0.3 is 5.32 Å². The van der Waals surface area contributed by atoms with E-state index in [-0.39, 0.29) is 10.9 Å². The third-order valence-corrected chi connectivity index (χ3v) is 6.63. The second-order valence-electron chi connectivity index (χ2n) is 8.63. The zero-order valence-corrected chi connectivity index (χ0v) is 19.3. The molecule has 35 heavy (non-hydrogen) atoms. The number of amides is 1. The van der Waals surface area contributed by atoms with Crippen molar-refractivity contribution in [2.24, 2.45) is 7.05 Å². The molecule has 0 aliphatic heterocycles. The Labute approximate surface area is 202 Å². The van der Waals surface area contributed by atoms with E-state index in [0.29, 0.717) is 34.8 Å². The summed E-state index contributed by atoms with van der Waals surface area (Å²) in [4.78, 5) is 23.4. The topological polar surface area (TPSA) is 121 Å². The summed E-state index contributed by atoms with van der Waals surface area (Å²) in [6, 6.07) is 2.85. The molecule has 5 aromatic heterocycles. The average molecular weight is 493 g/mol. The summed E-state index contributed by atoms with van der Waals surface area (Å²) in [6.07, 6.45) is 10.2. The van der Waals surface area contributed by atoms with Crippen LogP contribution in [0.1, 0.15) is 36.1 Å². The lowest BCUT2D eigenvalue weighted by Gasteiger charge is -2.24. The number of rotatable bonds is 4. The Morgan fingerprint density at radius 3 is 2.69 bits per heavy atom. The molecule has 0 aromatic carbocycles. The molecule has 1 N–H and O–H groups in total. The van der Waals surface area contributed by atoms with Gasteiger partial charge in [0.05, 0.1) is 47.1 Å². The van der Waals surface area contributed by atoms with Gasteiger partial charge in [0.1, 0.15) is 0 Å². The van der Waals surface area contributed by atoms with Gasteiger partial charge in [-0.3, -0.25) is 9.48 Å². The lowest BCUT2D eigenvalue weighted by Crippen LogP contribution is -2.25. The number of aromatic nitrogens is 9. The Balaban J connectivity index is 1.38. The fourth-order valence-electron chi connectivity index (χ4n) is 4.74. The van der Waals surface area contributed by atoms with Crippen LogP contribution in [0.3, 0.4) is 0 Å². The molecule has 0 saturated carbocycles. The van der Waals surface area contributed by atoms with Crippen LogP contribution in [0.2, 0.25) is 5.02 Å². The molecule has 1 amide bonds. The fraction of sp³-hybridized carbons (Fsp3) is 0.227. The monoisotopic (exact) mass is 492 g/mol. The number of nitrogens with one attached hydrogen (secondary N) is 1. The fourth-order valence-corrected chi connectivity index (χ4v) is 4.98. The van der Waals surface area contributed by atoms with Crippen LogP contribution < -0.4 is 5.32 Å². The number of hydrogen-bond acceptors (Lipinski definition) is 7. The van der Waals surface area contributed by atoms with Gasteiger partial charge in [-0.15, -0.1) is 9.90 Å². The van der Waals surface area contributed by atoms with Crippen molar-refractivity contribution in [3.63, 3.8) is 0 Å². The van der Waals surface area contributed by atoms with E-state index in [9.17, 15) is 9.18 Å². The van der Waals surface area contributed by atoms with E-state index in [1.165, 1.54) is 34.0 Å². The van der Waals surface area contributed by atoms with Crippen molar-refractivity contribution in [2.75, 3.05) is 5.32 Å². The van der Waals surface area contributed by atoms with Crippen molar-refractivity contribution < 1.29 is 9.18 Å².